The van der Waals surface area contributed by atoms with Crippen molar-refractivity contribution in [2.45, 2.75) is 33.3 Å². The number of ether oxygens (including phenoxy) is 3. The van der Waals surface area contributed by atoms with Gasteiger partial charge in [-0.15, -0.1) is 0 Å². The van der Waals surface area contributed by atoms with Crippen molar-refractivity contribution in [1.82, 2.24) is 0 Å². The first-order chi connectivity index (χ1) is 8.97. The molecule has 19 heavy (non-hydrogen) atoms. The second kappa shape index (κ2) is 9.32. The van der Waals surface area contributed by atoms with E-state index in [1.54, 1.807) is 13.8 Å². The summed E-state index contributed by atoms with van der Waals surface area (Å²) >= 11 is 0. The van der Waals surface area contributed by atoms with E-state index in [0.29, 0.717) is 0 Å². The SMILES string of the molecule is CCOC(=O)[C@@H](CCO)[C@@H](OC(C)=O)C(=O)OCC. The molecule has 0 aliphatic rings. The Morgan fingerprint density at radius 2 is 1.58 bits per heavy atom. The standard InChI is InChI=1S/C12H20O7/c1-4-17-11(15)9(6-7-13)10(19-8(3)14)12(16)18-5-2/h9-10,13H,4-7H2,1-3H3/t9-,10+/m0/s1. The lowest BCUT2D eigenvalue weighted by Gasteiger charge is -2.22. The summed E-state index contributed by atoms with van der Waals surface area (Å²) in [6.45, 7) is 4.18. The summed E-state index contributed by atoms with van der Waals surface area (Å²) in [5.74, 6) is -3.33. The predicted octanol–water partition coefficient (Wildman–Crippen LogP) is 0.0429. The van der Waals surface area contributed by atoms with E-state index in [2.05, 4.69) is 0 Å². The van der Waals surface area contributed by atoms with E-state index in [1.165, 1.54) is 0 Å². The van der Waals surface area contributed by atoms with Crippen LogP contribution in [0.5, 0.6) is 0 Å². The zero-order chi connectivity index (χ0) is 14.8. The van der Waals surface area contributed by atoms with Crippen molar-refractivity contribution < 1.29 is 33.7 Å². The van der Waals surface area contributed by atoms with Gasteiger partial charge in [0.1, 0.15) is 5.92 Å². The van der Waals surface area contributed by atoms with Gasteiger partial charge in [0, 0.05) is 13.5 Å². The molecule has 0 bridgehead atoms. The number of rotatable bonds is 8. The van der Waals surface area contributed by atoms with Crippen molar-refractivity contribution in [2.75, 3.05) is 19.8 Å². The fourth-order valence-corrected chi connectivity index (χ4v) is 1.48. The molecule has 0 aromatic carbocycles. The van der Waals surface area contributed by atoms with Gasteiger partial charge in [0.2, 0.25) is 6.10 Å². The molecule has 110 valence electrons. The second-order valence-electron chi connectivity index (χ2n) is 3.65. The van der Waals surface area contributed by atoms with E-state index in [0.717, 1.165) is 6.92 Å². The Labute approximate surface area is 111 Å². The van der Waals surface area contributed by atoms with Gasteiger partial charge in [-0.3, -0.25) is 9.59 Å². The number of carbonyl (C=O) groups excluding carboxylic acids is 3. The van der Waals surface area contributed by atoms with Crippen molar-refractivity contribution in [3.05, 3.63) is 0 Å². The molecule has 0 aromatic rings. The molecule has 7 heteroatoms. The summed E-state index contributed by atoms with van der Waals surface area (Å²) < 4.78 is 14.4. The third-order valence-corrected chi connectivity index (χ3v) is 2.21. The molecule has 2 atom stereocenters. The minimum atomic E-state index is -1.40. The van der Waals surface area contributed by atoms with Crippen LogP contribution in [-0.2, 0) is 28.6 Å². The maximum absolute atomic E-state index is 11.7. The van der Waals surface area contributed by atoms with Gasteiger partial charge in [0.25, 0.3) is 0 Å². The molecular formula is C12H20O7. The topological polar surface area (TPSA) is 99.1 Å². The van der Waals surface area contributed by atoms with Crippen LogP contribution in [0, 0.1) is 5.92 Å². The first-order valence-electron chi connectivity index (χ1n) is 6.09. The van der Waals surface area contributed by atoms with Crippen LogP contribution in [0.2, 0.25) is 0 Å². The van der Waals surface area contributed by atoms with E-state index in [9.17, 15) is 14.4 Å². The fourth-order valence-electron chi connectivity index (χ4n) is 1.48. The lowest BCUT2D eigenvalue weighted by Crippen LogP contribution is -2.41. The highest BCUT2D eigenvalue weighted by Gasteiger charge is 2.38. The number of hydrogen-bond acceptors (Lipinski definition) is 7. The van der Waals surface area contributed by atoms with E-state index >= 15 is 0 Å². The highest BCUT2D eigenvalue weighted by molar-refractivity contribution is 5.85. The largest absolute Gasteiger partial charge is 0.466 e. The molecule has 0 saturated heterocycles. The Hall–Kier alpha value is -1.63. The maximum atomic E-state index is 11.7. The van der Waals surface area contributed by atoms with Crippen molar-refractivity contribution in [1.29, 1.82) is 0 Å². The van der Waals surface area contributed by atoms with Gasteiger partial charge in [-0.1, -0.05) is 0 Å². The molecular weight excluding hydrogens is 256 g/mol. The molecule has 1 N–H and O–H groups in total. The normalized spacial score (nSPS) is 13.3. The van der Waals surface area contributed by atoms with Crippen LogP contribution in [0.4, 0.5) is 0 Å². The molecule has 0 aliphatic heterocycles. The van der Waals surface area contributed by atoms with E-state index in [4.69, 9.17) is 19.3 Å². The molecule has 0 aromatic heterocycles. The zero-order valence-corrected chi connectivity index (χ0v) is 11.4. The number of aliphatic hydroxyl groups excluding tert-OH is 1. The monoisotopic (exact) mass is 276 g/mol. The molecule has 0 aliphatic carbocycles. The molecule has 0 heterocycles. The summed E-state index contributed by atoms with van der Waals surface area (Å²) in [6, 6.07) is 0. The molecule has 0 radical (unpaired) electrons. The zero-order valence-electron chi connectivity index (χ0n) is 11.4. The van der Waals surface area contributed by atoms with E-state index in [-0.39, 0.29) is 26.2 Å². The van der Waals surface area contributed by atoms with Crippen LogP contribution < -0.4 is 0 Å². The first kappa shape index (κ1) is 17.4. The Kier molecular flexibility index (Phi) is 8.52. The molecule has 0 spiro atoms. The van der Waals surface area contributed by atoms with Crippen molar-refractivity contribution in [3.63, 3.8) is 0 Å². The minimum absolute atomic E-state index is 0.0599. The summed E-state index contributed by atoms with van der Waals surface area (Å²) in [4.78, 5) is 34.5. The molecule has 7 nitrogen and oxygen atoms in total. The van der Waals surface area contributed by atoms with E-state index in [1.807, 2.05) is 0 Å². The summed E-state index contributed by atoms with van der Waals surface area (Å²) in [5.41, 5.74) is 0. The Morgan fingerprint density at radius 3 is 2.00 bits per heavy atom. The maximum Gasteiger partial charge on any atom is 0.348 e. The van der Waals surface area contributed by atoms with Crippen LogP contribution in [0.25, 0.3) is 0 Å². The quantitative estimate of drug-likeness (QED) is 0.493. The van der Waals surface area contributed by atoms with Crippen LogP contribution >= 0.6 is 0 Å². The third kappa shape index (κ3) is 6.19. The lowest BCUT2D eigenvalue weighted by atomic mass is 9.98. The Morgan fingerprint density at radius 1 is 1.05 bits per heavy atom. The molecule has 0 unspecified atom stereocenters. The van der Waals surface area contributed by atoms with Crippen LogP contribution in [0.15, 0.2) is 0 Å². The summed E-state index contributed by atoms with van der Waals surface area (Å²) in [7, 11) is 0. The number of aliphatic hydroxyl groups is 1. The van der Waals surface area contributed by atoms with Crippen LogP contribution in [0.3, 0.4) is 0 Å². The van der Waals surface area contributed by atoms with Crippen LogP contribution in [-0.4, -0.2) is 48.9 Å². The molecule has 0 fully saturated rings. The molecule has 0 saturated carbocycles. The van der Waals surface area contributed by atoms with Gasteiger partial charge >= 0.3 is 17.9 Å². The first-order valence-corrected chi connectivity index (χ1v) is 6.09. The highest BCUT2D eigenvalue weighted by atomic mass is 16.6. The van der Waals surface area contributed by atoms with Crippen LogP contribution in [0.1, 0.15) is 27.2 Å². The average Bonchev–Trinajstić information content (AvgIpc) is 2.33. The number of carbonyl (C=O) groups is 3. The third-order valence-electron chi connectivity index (χ3n) is 2.21. The van der Waals surface area contributed by atoms with Crippen molar-refractivity contribution >= 4 is 17.9 Å². The fraction of sp³-hybridized carbons (Fsp3) is 0.750. The van der Waals surface area contributed by atoms with E-state index < -0.39 is 29.9 Å². The number of hydrogen-bond donors (Lipinski definition) is 1. The van der Waals surface area contributed by atoms with Crippen molar-refractivity contribution in [3.8, 4) is 0 Å². The lowest BCUT2D eigenvalue weighted by molar-refractivity contribution is -0.177. The van der Waals surface area contributed by atoms with Gasteiger partial charge < -0.3 is 19.3 Å². The number of esters is 3. The van der Waals surface area contributed by atoms with Gasteiger partial charge in [0.15, 0.2) is 0 Å². The highest BCUT2D eigenvalue weighted by Crippen LogP contribution is 2.17. The second-order valence-corrected chi connectivity index (χ2v) is 3.65. The molecule has 0 rings (SSSR count). The average molecular weight is 276 g/mol. The summed E-state index contributed by atoms with van der Waals surface area (Å²) in [5, 5.41) is 8.95. The Bertz CT molecular complexity index is 313. The van der Waals surface area contributed by atoms with Crippen molar-refractivity contribution in [2.24, 2.45) is 5.92 Å². The van der Waals surface area contributed by atoms with Gasteiger partial charge in [-0.25, -0.2) is 4.79 Å². The Balaban J connectivity index is 5.05. The smallest absolute Gasteiger partial charge is 0.348 e. The minimum Gasteiger partial charge on any atom is -0.466 e. The summed E-state index contributed by atoms with van der Waals surface area (Å²) in [6.07, 6.45) is -1.46. The predicted molar refractivity (Wildman–Crippen MR) is 64.0 cm³/mol. The van der Waals surface area contributed by atoms with Gasteiger partial charge in [-0.2, -0.15) is 0 Å². The van der Waals surface area contributed by atoms with Gasteiger partial charge in [-0.05, 0) is 20.3 Å². The van der Waals surface area contributed by atoms with Gasteiger partial charge in [0.05, 0.1) is 13.2 Å². The molecule has 0 amide bonds.